The number of nitrogens with one attached hydrogen (secondary N) is 1. The summed E-state index contributed by atoms with van der Waals surface area (Å²) in [5.74, 6) is -0.252. The molecule has 1 aromatic rings. The second-order valence-electron chi connectivity index (χ2n) is 3.66. The first-order valence-corrected chi connectivity index (χ1v) is 5.33. The topological polar surface area (TPSA) is 93.2 Å². The van der Waals surface area contributed by atoms with Gasteiger partial charge in [0.25, 0.3) is 5.91 Å². The van der Waals surface area contributed by atoms with Gasteiger partial charge in [0.1, 0.15) is 5.69 Å². The van der Waals surface area contributed by atoms with Crippen LogP contribution in [0.15, 0.2) is 6.20 Å². The Balaban J connectivity index is 2.62. The van der Waals surface area contributed by atoms with Gasteiger partial charge in [-0.25, -0.2) is 0 Å². The number of hydrogen-bond donors (Lipinski definition) is 3. The number of nitrogens with zero attached hydrogens (tertiary/aromatic N) is 2. The Morgan fingerprint density at radius 3 is 3.00 bits per heavy atom. The van der Waals surface area contributed by atoms with Crippen molar-refractivity contribution in [2.24, 2.45) is 0 Å². The summed E-state index contributed by atoms with van der Waals surface area (Å²) in [6.45, 7) is 4.58. The van der Waals surface area contributed by atoms with Crippen molar-refractivity contribution in [2.75, 3.05) is 12.3 Å². The molecule has 0 aliphatic heterocycles. The Morgan fingerprint density at radius 2 is 2.44 bits per heavy atom. The Morgan fingerprint density at radius 1 is 1.75 bits per heavy atom. The van der Waals surface area contributed by atoms with Gasteiger partial charge < -0.3 is 16.2 Å². The number of aliphatic hydroxyl groups is 1. The highest BCUT2D eigenvalue weighted by Gasteiger charge is 2.15. The molecule has 0 fully saturated rings. The zero-order valence-electron chi connectivity index (χ0n) is 9.60. The van der Waals surface area contributed by atoms with E-state index in [-0.39, 0.29) is 5.91 Å². The van der Waals surface area contributed by atoms with Crippen LogP contribution in [0.25, 0.3) is 0 Å². The lowest BCUT2D eigenvalue weighted by atomic mass is 10.3. The number of aromatic nitrogens is 2. The monoisotopic (exact) mass is 226 g/mol. The van der Waals surface area contributed by atoms with E-state index in [9.17, 15) is 4.79 Å². The van der Waals surface area contributed by atoms with Gasteiger partial charge in [-0.05, 0) is 20.3 Å². The Hall–Kier alpha value is -1.56. The van der Waals surface area contributed by atoms with Crippen LogP contribution < -0.4 is 11.1 Å². The molecular weight excluding hydrogens is 208 g/mol. The number of nitrogen functional groups attached to an aromatic ring is 1. The van der Waals surface area contributed by atoms with Crippen molar-refractivity contribution in [3.05, 3.63) is 11.9 Å². The lowest BCUT2D eigenvalue weighted by Crippen LogP contribution is -2.29. The van der Waals surface area contributed by atoms with Crippen LogP contribution in [0, 0.1) is 0 Å². The van der Waals surface area contributed by atoms with Crippen molar-refractivity contribution < 1.29 is 9.90 Å². The number of rotatable bonds is 5. The molecule has 4 N–H and O–H groups in total. The summed E-state index contributed by atoms with van der Waals surface area (Å²) in [7, 11) is 0. The number of carbonyl (C=O) groups excluding carboxylic acids is 1. The van der Waals surface area contributed by atoms with Crippen molar-refractivity contribution >= 4 is 11.6 Å². The molecule has 1 atom stereocenters. The number of hydrogen-bond acceptors (Lipinski definition) is 4. The first-order chi connectivity index (χ1) is 7.56. The van der Waals surface area contributed by atoms with Crippen molar-refractivity contribution in [1.29, 1.82) is 0 Å². The highest BCUT2D eigenvalue weighted by molar-refractivity contribution is 5.97. The Labute approximate surface area is 94.4 Å². The molecule has 0 aliphatic rings. The minimum absolute atomic E-state index is 0.252. The number of carbonyl (C=O) groups is 1. The van der Waals surface area contributed by atoms with E-state index in [2.05, 4.69) is 10.4 Å². The zero-order valence-corrected chi connectivity index (χ0v) is 9.60. The maximum Gasteiger partial charge on any atom is 0.271 e. The van der Waals surface area contributed by atoms with Crippen LogP contribution in [0.4, 0.5) is 5.69 Å². The van der Waals surface area contributed by atoms with Gasteiger partial charge in [-0.2, -0.15) is 5.10 Å². The van der Waals surface area contributed by atoms with Crippen molar-refractivity contribution in [1.82, 2.24) is 15.1 Å². The van der Waals surface area contributed by atoms with Crippen molar-refractivity contribution in [3.63, 3.8) is 0 Å². The third-order valence-corrected chi connectivity index (χ3v) is 2.23. The molecule has 0 aromatic carbocycles. The summed E-state index contributed by atoms with van der Waals surface area (Å²) in [4.78, 5) is 11.8. The SMILES string of the molecule is CCn1ncc(N)c1C(=O)NCCC(C)O. The van der Waals surface area contributed by atoms with Gasteiger partial charge in [0.15, 0.2) is 0 Å². The number of anilines is 1. The van der Waals surface area contributed by atoms with Gasteiger partial charge in [0, 0.05) is 13.1 Å². The molecule has 0 saturated carbocycles. The van der Waals surface area contributed by atoms with Gasteiger partial charge in [-0.1, -0.05) is 0 Å². The lowest BCUT2D eigenvalue weighted by molar-refractivity contribution is 0.0936. The smallest absolute Gasteiger partial charge is 0.271 e. The van der Waals surface area contributed by atoms with Crippen LogP contribution in [0.1, 0.15) is 30.8 Å². The van der Waals surface area contributed by atoms with E-state index in [1.165, 1.54) is 6.20 Å². The third kappa shape index (κ3) is 2.96. The number of aryl methyl sites for hydroxylation is 1. The van der Waals surface area contributed by atoms with Crippen LogP contribution in [-0.4, -0.2) is 33.4 Å². The molecule has 0 spiro atoms. The first kappa shape index (κ1) is 12.5. The highest BCUT2D eigenvalue weighted by atomic mass is 16.3. The quantitative estimate of drug-likeness (QED) is 0.658. The fourth-order valence-electron chi connectivity index (χ4n) is 1.37. The molecule has 1 amide bonds. The van der Waals surface area contributed by atoms with Crippen LogP contribution in [0.3, 0.4) is 0 Å². The maximum atomic E-state index is 11.8. The van der Waals surface area contributed by atoms with Gasteiger partial charge in [0.2, 0.25) is 0 Å². The second-order valence-corrected chi connectivity index (χ2v) is 3.66. The highest BCUT2D eigenvalue weighted by Crippen LogP contribution is 2.10. The van der Waals surface area contributed by atoms with E-state index < -0.39 is 6.10 Å². The summed E-state index contributed by atoms with van der Waals surface area (Å²) in [5.41, 5.74) is 6.41. The van der Waals surface area contributed by atoms with Crippen LogP contribution in [-0.2, 0) is 6.54 Å². The molecule has 1 rings (SSSR count). The summed E-state index contributed by atoms with van der Waals surface area (Å²) < 4.78 is 1.55. The summed E-state index contributed by atoms with van der Waals surface area (Å²) in [6, 6.07) is 0. The second kappa shape index (κ2) is 5.50. The van der Waals surface area contributed by atoms with E-state index in [0.29, 0.717) is 30.9 Å². The molecule has 1 aromatic heterocycles. The molecule has 16 heavy (non-hydrogen) atoms. The molecule has 1 unspecified atom stereocenters. The van der Waals surface area contributed by atoms with E-state index in [1.807, 2.05) is 6.92 Å². The molecular formula is C10H18N4O2. The Kier molecular flexibility index (Phi) is 4.30. The number of amides is 1. The van der Waals surface area contributed by atoms with E-state index in [1.54, 1.807) is 11.6 Å². The molecule has 0 radical (unpaired) electrons. The fourth-order valence-corrected chi connectivity index (χ4v) is 1.37. The van der Waals surface area contributed by atoms with Gasteiger partial charge >= 0.3 is 0 Å². The van der Waals surface area contributed by atoms with E-state index in [4.69, 9.17) is 10.8 Å². The molecule has 0 saturated heterocycles. The minimum atomic E-state index is -0.422. The maximum absolute atomic E-state index is 11.8. The standard InChI is InChI=1S/C10H18N4O2/c1-3-14-9(8(11)6-13-14)10(16)12-5-4-7(2)15/h6-7,15H,3-5,11H2,1-2H3,(H,12,16). The zero-order chi connectivity index (χ0) is 12.1. The Bertz CT molecular complexity index is 360. The molecule has 0 aliphatic carbocycles. The summed E-state index contributed by atoms with van der Waals surface area (Å²) in [5, 5.41) is 15.7. The minimum Gasteiger partial charge on any atom is -0.396 e. The van der Waals surface area contributed by atoms with Crippen molar-refractivity contribution in [3.8, 4) is 0 Å². The van der Waals surface area contributed by atoms with Crippen molar-refractivity contribution in [2.45, 2.75) is 32.9 Å². The largest absolute Gasteiger partial charge is 0.396 e. The van der Waals surface area contributed by atoms with Crippen LogP contribution in [0.5, 0.6) is 0 Å². The molecule has 6 heteroatoms. The molecule has 0 bridgehead atoms. The lowest BCUT2D eigenvalue weighted by Gasteiger charge is -2.08. The predicted octanol–water partition coefficient (Wildman–Crippen LogP) is -0.0141. The molecule has 1 heterocycles. The van der Waals surface area contributed by atoms with E-state index >= 15 is 0 Å². The average Bonchev–Trinajstić information content (AvgIpc) is 2.58. The van der Waals surface area contributed by atoms with E-state index in [0.717, 1.165) is 0 Å². The first-order valence-electron chi connectivity index (χ1n) is 5.33. The number of aliphatic hydroxyl groups excluding tert-OH is 1. The summed E-state index contributed by atoms with van der Waals surface area (Å²) >= 11 is 0. The predicted molar refractivity (Wildman–Crippen MR) is 60.9 cm³/mol. The van der Waals surface area contributed by atoms with Gasteiger partial charge in [-0.3, -0.25) is 9.48 Å². The van der Waals surface area contributed by atoms with Gasteiger partial charge in [-0.15, -0.1) is 0 Å². The van der Waals surface area contributed by atoms with Crippen LogP contribution >= 0.6 is 0 Å². The number of nitrogens with two attached hydrogens (primary N) is 1. The normalized spacial score (nSPS) is 12.4. The third-order valence-electron chi connectivity index (χ3n) is 2.23. The summed E-state index contributed by atoms with van der Waals surface area (Å²) in [6.07, 6.45) is 1.56. The molecule has 90 valence electrons. The average molecular weight is 226 g/mol. The molecule has 6 nitrogen and oxygen atoms in total. The van der Waals surface area contributed by atoms with Gasteiger partial charge in [0.05, 0.1) is 18.0 Å². The van der Waals surface area contributed by atoms with Crippen LogP contribution in [0.2, 0.25) is 0 Å². The fraction of sp³-hybridized carbons (Fsp3) is 0.600.